The summed E-state index contributed by atoms with van der Waals surface area (Å²) in [5, 5.41) is 9.00. The summed E-state index contributed by atoms with van der Waals surface area (Å²) in [7, 11) is 1.82. The quantitative estimate of drug-likeness (QED) is 0.588. The Bertz CT molecular complexity index is 618. The van der Waals surface area contributed by atoms with Crippen molar-refractivity contribution in [2.45, 2.75) is 31.7 Å². The number of hydrogen-bond donors (Lipinski definition) is 2. The highest BCUT2D eigenvalue weighted by atomic mass is 32.1. The fraction of sp³-hybridized carbons (Fsp3) is 0.526. The molecule has 0 spiro atoms. The lowest BCUT2D eigenvalue weighted by Crippen LogP contribution is -2.44. The minimum Gasteiger partial charge on any atom is -0.468 e. The molecule has 0 saturated carbocycles. The normalized spacial score (nSPS) is 17.4. The molecule has 0 aliphatic carbocycles. The molecular weight excluding hydrogens is 332 g/mol. The van der Waals surface area contributed by atoms with Crippen molar-refractivity contribution in [2.75, 3.05) is 33.2 Å². The predicted octanol–water partition coefficient (Wildman–Crippen LogP) is 3.28. The van der Waals surface area contributed by atoms with Crippen LogP contribution in [0.4, 0.5) is 0 Å². The average Bonchev–Trinajstić information content (AvgIpc) is 3.35. The highest BCUT2D eigenvalue weighted by Gasteiger charge is 2.24. The topological polar surface area (TPSA) is 52.8 Å². The summed E-state index contributed by atoms with van der Waals surface area (Å²) < 4.78 is 5.70. The van der Waals surface area contributed by atoms with E-state index in [0.717, 1.165) is 44.3 Å². The molecule has 5 nitrogen and oxygen atoms in total. The van der Waals surface area contributed by atoms with E-state index >= 15 is 0 Å². The van der Waals surface area contributed by atoms with Gasteiger partial charge in [0.15, 0.2) is 5.96 Å². The Hall–Kier alpha value is -1.79. The van der Waals surface area contributed by atoms with Crippen LogP contribution in [0.1, 0.15) is 35.9 Å². The molecule has 1 aliphatic rings. The van der Waals surface area contributed by atoms with Gasteiger partial charge in [-0.05, 0) is 55.9 Å². The summed E-state index contributed by atoms with van der Waals surface area (Å²) in [4.78, 5) is 8.27. The van der Waals surface area contributed by atoms with Crippen molar-refractivity contribution < 1.29 is 4.42 Å². The van der Waals surface area contributed by atoms with Gasteiger partial charge in [-0.15, -0.1) is 11.3 Å². The van der Waals surface area contributed by atoms with E-state index in [2.05, 4.69) is 44.1 Å². The van der Waals surface area contributed by atoms with E-state index < -0.39 is 0 Å². The Morgan fingerprint density at radius 2 is 2.12 bits per heavy atom. The minimum absolute atomic E-state index is 0.256. The number of furan rings is 1. The first-order valence-corrected chi connectivity index (χ1v) is 9.99. The van der Waals surface area contributed by atoms with E-state index in [-0.39, 0.29) is 6.04 Å². The zero-order valence-electron chi connectivity index (χ0n) is 14.9. The summed E-state index contributed by atoms with van der Waals surface area (Å²) in [5.41, 5.74) is 0. The molecule has 1 aliphatic heterocycles. The molecule has 1 saturated heterocycles. The van der Waals surface area contributed by atoms with Gasteiger partial charge in [-0.2, -0.15) is 0 Å². The molecule has 1 fully saturated rings. The van der Waals surface area contributed by atoms with Gasteiger partial charge in [0.1, 0.15) is 5.76 Å². The number of nitrogens with zero attached hydrogens (tertiary/aromatic N) is 2. The maximum Gasteiger partial charge on any atom is 0.191 e. The Labute approximate surface area is 154 Å². The molecule has 136 valence electrons. The number of aliphatic imine (C=N–C) groups is 1. The van der Waals surface area contributed by atoms with Gasteiger partial charge in [-0.1, -0.05) is 12.5 Å². The van der Waals surface area contributed by atoms with Crippen molar-refractivity contribution in [3.63, 3.8) is 0 Å². The third-order valence-corrected chi connectivity index (χ3v) is 5.57. The smallest absolute Gasteiger partial charge is 0.191 e. The number of rotatable bonds is 7. The van der Waals surface area contributed by atoms with E-state index in [1.807, 2.05) is 13.1 Å². The molecule has 1 unspecified atom stereocenters. The SMILES string of the molecule is CN=C(NCCc1cccs1)NCC(c1ccco1)N1CCCCC1. The molecule has 0 amide bonds. The molecule has 3 rings (SSSR count). The summed E-state index contributed by atoms with van der Waals surface area (Å²) >= 11 is 1.80. The van der Waals surface area contributed by atoms with Gasteiger partial charge < -0.3 is 15.1 Å². The van der Waals surface area contributed by atoms with Crippen LogP contribution >= 0.6 is 11.3 Å². The molecule has 25 heavy (non-hydrogen) atoms. The van der Waals surface area contributed by atoms with Crippen LogP contribution in [-0.2, 0) is 6.42 Å². The summed E-state index contributed by atoms with van der Waals surface area (Å²) in [6, 6.07) is 8.57. The first kappa shape index (κ1) is 18.0. The molecule has 0 radical (unpaired) electrons. The van der Waals surface area contributed by atoms with Gasteiger partial charge in [0.25, 0.3) is 0 Å². The third kappa shape index (κ3) is 5.34. The summed E-state index contributed by atoms with van der Waals surface area (Å²) in [5.74, 6) is 1.88. The Morgan fingerprint density at radius 3 is 2.80 bits per heavy atom. The summed E-state index contributed by atoms with van der Waals surface area (Å²) in [6.45, 7) is 3.95. The molecule has 2 N–H and O–H groups in total. The van der Waals surface area contributed by atoms with E-state index in [9.17, 15) is 0 Å². The van der Waals surface area contributed by atoms with E-state index in [4.69, 9.17) is 4.42 Å². The second-order valence-corrected chi connectivity index (χ2v) is 7.37. The van der Waals surface area contributed by atoms with Gasteiger partial charge in [0, 0.05) is 25.0 Å². The number of thiophene rings is 1. The Kier molecular flexibility index (Phi) is 6.94. The average molecular weight is 361 g/mol. The lowest BCUT2D eigenvalue weighted by atomic mass is 10.1. The maximum atomic E-state index is 5.70. The molecule has 1 atom stereocenters. The predicted molar refractivity (Wildman–Crippen MR) is 104 cm³/mol. The number of hydrogen-bond acceptors (Lipinski definition) is 4. The molecule has 2 aromatic rings. The third-order valence-electron chi connectivity index (χ3n) is 4.63. The Balaban J connectivity index is 1.51. The number of piperidine rings is 1. The van der Waals surface area contributed by atoms with Crippen molar-refractivity contribution in [3.8, 4) is 0 Å². The van der Waals surface area contributed by atoms with Crippen molar-refractivity contribution in [1.82, 2.24) is 15.5 Å². The lowest BCUT2D eigenvalue weighted by molar-refractivity contribution is 0.146. The van der Waals surface area contributed by atoms with Crippen molar-refractivity contribution in [2.24, 2.45) is 4.99 Å². The van der Waals surface area contributed by atoms with E-state index in [1.54, 1.807) is 17.6 Å². The number of guanidine groups is 1. The minimum atomic E-state index is 0.256. The van der Waals surface area contributed by atoms with Crippen molar-refractivity contribution in [3.05, 3.63) is 46.5 Å². The fourth-order valence-electron chi connectivity index (χ4n) is 3.29. The van der Waals surface area contributed by atoms with Gasteiger partial charge in [-0.25, -0.2) is 0 Å². The molecule has 3 heterocycles. The van der Waals surface area contributed by atoms with Gasteiger partial charge in [0.2, 0.25) is 0 Å². The van der Waals surface area contributed by atoms with Crippen LogP contribution in [0.3, 0.4) is 0 Å². The van der Waals surface area contributed by atoms with Gasteiger partial charge in [0.05, 0.1) is 12.3 Å². The molecule has 6 heteroatoms. The van der Waals surface area contributed by atoms with Crippen LogP contribution in [-0.4, -0.2) is 44.1 Å². The lowest BCUT2D eigenvalue weighted by Gasteiger charge is -2.33. The molecule has 0 bridgehead atoms. The van der Waals surface area contributed by atoms with Crippen LogP contribution in [0.2, 0.25) is 0 Å². The first-order valence-electron chi connectivity index (χ1n) is 9.11. The van der Waals surface area contributed by atoms with Crippen LogP contribution in [0, 0.1) is 0 Å². The summed E-state index contributed by atoms with van der Waals surface area (Å²) in [6.07, 6.45) is 6.66. The van der Waals surface area contributed by atoms with E-state index in [0.29, 0.717) is 0 Å². The number of likely N-dealkylation sites (tertiary alicyclic amines) is 1. The monoisotopic (exact) mass is 360 g/mol. The van der Waals surface area contributed by atoms with Crippen molar-refractivity contribution in [1.29, 1.82) is 0 Å². The van der Waals surface area contributed by atoms with Crippen LogP contribution in [0.15, 0.2) is 45.3 Å². The van der Waals surface area contributed by atoms with Crippen LogP contribution in [0.25, 0.3) is 0 Å². The molecule has 0 aromatic carbocycles. The highest BCUT2D eigenvalue weighted by molar-refractivity contribution is 7.09. The second kappa shape index (κ2) is 9.63. The standard InChI is InChI=1S/C19H28N4OS/c1-20-19(21-10-9-16-7-6-14-25-16)22-15-17(18-8-5-13-24-18)23-11-3-2-4-12-23/h5-8,13-14,17H,2-4,9-12,15H2,1H3,(H2,20,21,22). The fourth-order valence-corrected chi connectivity index (χ4v) is 4.00. The zero-order chi connectivity index (χ0) is 17.3. The molecule has 2 aromatic heterocycles. The van der Waals surface area contributed by atoms with Crippen LogP contribution in [0.5, 0.6) is 0 Å². The van der Waals surface area contributed by atoms with Crippen molar-refractivity contribution >= 4 is 17.3 Å². The Morgan fingerprint density at radius 1 is 1.24 bits per heavy atom. The highest BCUT2D eigenvalue weighted by Crippen LogP contribution is 2.24. The van der Waals surface area contributed by atoms with E-state index in [1.165, 1.54) is 24.1 Å². The first-order chi connectivity index (χ1) is 12.4. The largest absolute Gasteiger partial charge is 0.468 e. The van der Waals surface area contributed by atoms with Gasteiger partial charge in [-0.3, -0.25) is 9.89 Å². The molecular formula is C19H28N4OS. The second-order valence-electron chi connectivity index (χ2n) is 6.34. The maximum absolute atomic E-state index is 5.70. The van der Waals surface area contributed by atoms with Gasteiger partial charge >= 0.3 is 0 Å². The zero-order valence-corrected chi connectivity index (χ0v) is 15.7. The number of nitrogens with one attached hydrogen (secondary N) is 2. The van der Waals surface area contributed by atoms with Crippen LogP contribution < -0.4 is 10.6 Å².